The number of hydrogen-bond acceptors (Lipinski definition) is 2. The lowest BCUT2D eigenvalue weighted by Gasteiger charge is -2.25. The van der Waals surface area contributed by atoms with Crippen molar-refractivity contribution < 1.29 is 22.3 Å². The van der Waals surface area contributed by atoms with Gasteiger partial charge in [-0.25, -0.2) is 17.6 Å². The molecule has 1 saturated heterocycles. The summed E-state index contributed by atoms with van der Waals surface area (Å²) in [6.45, 7) is 1.18. The number of nitrogens with one attached hydrogen (secondary N) is 1. The first-order valence-electron chi connectivity index (χ1n) is 7.81. The monoisotopic (exact) mass is 339 g/mol. The standard InChI is InChI=1S/C18H17F4NO/c19-13-8-12(10-24-18-14(20)2-1-3-15(18)21)17(16(22)9-13)11-4-6-23-7-5-11/h1-3,8-9,11,23H,4-7,10H2. The van der Waals surface area contributed by atoms with E-state index in [1.165, 1.54) is 12.1 Å². The van der Waals surface area contributed by atoms with E-state index in [0.29, 0.717) is 18.4 Å². The van der Waals surface area contributed by atoms with Gasteiger partial charge in [0.1, 0.15) is 18.2 Å². The highest BCUT2D eigenvalue weighted by Gasteiger charge is 2.23. The van der Waals surface area contributed by atoms with Crippen LogP contribution < -0.4 is 10.1 Å². The molecule has 0 spiro atoms. The Hall–Kier alpha value is -2.08. The van der Waals surface area contributed by atoms with Crippen LogP contribution in [0.1, 0.15) is 29.9 Å². The SMILES string of the molecule is Fc1cc(F)c(C2CCNCC2)c(COc2c(F)cccc2F)c1. The van der Waals surface area contributed by atoms with E-state index in [4.69, 9.17) is 4.74 Å². The molecular formula is C18H17F4NO. The lowest BCUT2D eigenvalue weighted by atomic mass is 9.86. The third-order valence-corrected chi connectivity index (χ3v) is 4.22. The molecule has 2 aromatic rings. The lowest BCUT2D eigenvalue weighted by Crippen LogP contribution is -2.27. The molecule has 2 nitrogen and oxygen atoms in total. The van der Waals surface area contributed by atoms with E-state index in [0.717, 1.165) is 31.3 Å². The van der Waals surface area contributed by atoms with E-state index in [1.54, 1.807) is 0 Å². The van der Waals surface area contributed by atoms with Crippen LogP contribution in [0.2, 0.25) is 0 Å². The Morgan fingerprint density at radius 1 is 0.958 bits per heavy atom. The van der Waals surface area contributed by atoms with Gasteiger partial charge in [0, 0.05) is 6.07 Å². The highest BCUT2D eigenvalue weighted by Crippen LogP contribution is 2.32. The first-order chi connectivity index (χ1) is 11.6. The van der Waals surface area contributed by atoms with Gasteiger partial charge in [0.2, 0.25) is 0 Å². The number of ether oxygens (including phenoxy) is 1. The van der Waals surface area contributed by atoms with Gasteiger partial charge in [0.05, 0.1) is 0 Å². The summed E-state index contributed by atoms with van der Waals surface area (Å²) in [7, 11) is 0. The second kappa shape index (κ2) is 7.21. The number of para-hydroxylation sites is 1. The first kappa shape index (κ1) is 16.8. The fourth-order valence-corrected chi connectivity index (χ4v) is 3.10. The van der Waals surface area contributed by atoms with Crippen molar-refractivity contribution >= 4 is 0 Å². The average molecular weight is 339 g/mol. The molecule has 0 amide bonds. The van der Waals surface area contributed by atoms with Gasteiger partial charge in [-0.15, -0.1) is 0 Å². The minimum absolute atomic E-state index is 0.0732. The maximum absolute atomic E-state index is 14.3. The Labute approximate surface area is 137 Å². The molecule has 0 atom stereocenters. The minimum Gasteiger partial charge on any atom is -0.483 e. The molecule has 1 N–H and O–H groups in total. The normalized spacial score (nSPS) is 15.5. The highest BCUT2D eigenvalue weighted by molar-refractivity contribution is 5.34. The van der Waals surface area contributed by atoms with Gasteiger partial charge in [-0.3, -0.25) is 0 Å². The fraction of sp³-hybridized carbons (Fsp3) is 0.333. The fourth-order valence-electron chi connectivity index (χ4n) is 3.10. The second-order valence-corrected chi connectivity index (χ2v) is 5.82. The largest absolute Gasteiger partial charge is 0.483 e. The Morgan fingerprint density at radius 3 is 2.29 bits per heavy atom. The van der Waals surface area contributed by atoms with Crippen LogP contribution >= 0.6 is 0 Å². The van der Waals surface area contributed by atoms with E-state index < -0.39 is 29.0 Å². The number of rotatable bonds is 4. The van der Waals surface area contributed by atoms with Crippen LogP contribution in [-0.4, -0.2) is 13.1 Å². The molecule has 0 saturated carbocycles. The van der Waals surface area contributed by atoms with Crippen LogP contribution in [0.15, 0.2) is 30.3 Å². The van der Waals surface area contributed by atoms with Crippen molar-refractivity contribution in [3.63, 3.8) is 0 Å². The molecule has 0 unspecified atom stereocenters. The third-order valence-electron chi connectivity index (χ3n) is 4.22. The lowest BCUT2D eigenvalue weighted by molar-refractivity contribution is 0.270. The summed E-state index contributed by atoms with van der Waals surface area (Å²) >= 11 is 0. The van der Waals surface area contributed by atoms with Crippen LogP contribution in [0.25, 0.3) is 0 Å². The summed E-state index contributed by atoms with van der Waals surface area (Å²) < 4.78 is 60.4. The van der Waals surface area contributed by atoms with Crippen LogP contribution in [0.5, 0.6) is 5.75 Å². The number of piperidine rings is 1. The molecule has 6 heteroatoms. The molecule has 1 heterocycles. The van der Waals surface area contributed by atoms with Crippen molar-refractivity contribution in [2.45, 2.75) is 25.4 Å². The van der Waals surface area contributed by atoms with Crippen LogP contribution in [-0.2, 0) is 6.61 Å². The van der Waals surface area contributed by atoms with E-state index >= 15 is 0 Å². The smallest absolute Gasteiger partial charge is 0.191 e. The van der Waals surface area contributed by atoms with E-state index in [9.17, 15) is 17.6 Å². The van der Waals surface area contributed by atoms with Gasteiger partial charge in [0.15, 0.2) is 17.4 Å². The van der Waals surface area contributed by atoms with Gasteiger partial charge in [-0.2, -0.15) is 0 Å². The molecule has 2 aromatic carbocycles. The van der Waals surface area contributed by atoms with E-state index in [2.05, 4.69) is 5.32 Å². The quantitative estimate of drug-likeness (QED) is 0.839. The predicted octanol–water partition coefficient (Wildman–Crippen LogP) is 4.29. The molecule has 0 aliphatic carbocycles. The maximum atomic E-state index is 14.3. The average Bonchev–Trinajstić information content (AvgIpc) is 2.54. The highest BCUT2D eigenvalue weighted by atomic mass is 19.1. The minimum atomic E-state index is -0.852. The van der Waals surface area contributed by atoms with E-state index in [-0.39, 0.29) is 18.1 Å². The molecule has 1 aliphatic rings. The van der Waals surface area contributed by atoms with E-state index in [1.807, 2.05) is 0 Å². The topological polar surface area (TPSA) is 21.3 Å². The van der Waals surface area contributed by atoms with Gasteiger partial charge in [-0.1, -0.05) is 6.07 Å². The summed E-state index contributed by atoms with van der Waals surface area (Å²) in [6.07, 6.45) is 1.42. The number of halogens is 4. The van der Waals surface area contributed by atoms with Crippen LogP contribution in [0.4, 0.5) is 17.6 Å². The van der Waals surface area contributed by atoms with Gasteiger partial charge in [-0.05, 0) is 61.2 Å². The first-order valence-corrected chi connectivity index (χ1v) is 7.81. The number of hydrogen-bond donors (Lipinski definition) is 1. The van der Waals surface area contributed by atoms with Crippen molar-refractivity contribution in [2.24, 2.45) is 0 Å². The molecular weight excluding hydrogens is 322 g/mol. The van der Waals surface area contributed by atoms with Gasteiger partial charge < -0.3 is 10.1 Å². The molecule has 24 heavy (non-hydrogen) atoms. The van der Waals surface area contributed by atoms with Crippen LogP contribution in [0, 0.1) is 23.3 Å². The van der Waals surface area contributed by atoms with Crippen molar-refractivity contribution in [1.82, 2.24) is 5.32 Å². The molecule has 0 aromatic heterocycles. The molecule has 0 radical (unpaired) electrons. The summed E-state index contributed by atoms with van der Waals surface area (Å²) in [5.41, 5.74) is 0.650. The Kier molecular flexibility index (Phi) is 5.04. The van der Waals surface area contributed by atoms with Crippen molar-refractivity contribution in [3.05, 3.63) is 64.7 Å². The summed E-state index contributed by atoms with van der Waals surface area (Å²) in [6, 6.07) is 5.36. The maximum Gasteiger partial charge on any atom is 0.191 e. The van der Waals surface area contributed by atoms with Gasteiger partial charge >= 0.3 is 0 Å². The molecule has 1 aliphatic heterocycles. The Morgan fingerprint density at radius 2 is 1.62 bits per heavy atom. The molecule has 0 bridgehead atoms. The summed E-state index contributed by atoms with van der Waals surface area (Å²) in [4.78, 5) is 0. The zero-order valence-corrected chi connectivity index (χ0v) is 12.9. The Balaban J connectivity index is 1.89. The van der Waals surface area contributed by atoms with Crippen LogP contribution in [0.3, 0.4) is 0 Å². The molecule has 128 valence electrons. The van der Waals surface area contributed by atoms with Gasteiger partial charge in [0.25, 0.3) is 0 Å². The zero-order valence-electron chi connectivity index (χ0n) is 12.9. The second-order valence-electron chi connectivity index (χ2n) is 5.82. The van der Waals surface area contributed by atoms with Crippen molar-refractivity contribution in [2.75, 3.05) is 13.1 Å². The van der Waals surface area contributed by atoms with Crippen molar-refractivity contribution in [1.29, 1.82) is 0 Å². The summed E-state index contributed by atoms with van der Waals surface area (Å²) in [5.74, 6) is -3.70. The third kappa shape index (κ3) is 3.53. The Bertz CT molecular complexity index is 709. The zero-order chi connectivity index (χ0) is 17.1. The summed E-state index contributed by atoms with van der Waals surface area (Å²) in [5, 5.41) is 3.18. The predicted molar refractivity (Wildman–Crippen MR) is 81.9 cm³/mol. The number of benzene rings is 2. The van der Waals surface area contributed by atoms with Crippen molar-refractivity contribution in [3.8, 4) is 5.75 Å². The molecule has 1 fully saturated rings. The molecule has 3 rings (SSSR count).